The van der Waals surface area contributed by atoms with E-state index >= 15 is 0 Å². The van der Waals surface area contributed by atoms with E-state index in [9.17, 15) is 4.79 Å². The van der Waals surface area contributed by atoms with Gasteiger partial charge in [0.05, 0.1) is 0 Å². The zero-order valence-electron chi connectivity index (χ0n) is 13.4. The summed E-state index contributed by atoms with van der Waals surface area (Å²) >= 11 is 0. The average molecular weight is 299 g/mol. The van der Waals surface area contributed by atoms with Gasteiger partial charge in [-0.15, -0.1) is 0 Å². The fourth-order valence-electron chi connectivity index (χ4n) is 2.48. The van der Waals surface area contributed by atoms with Crippen LogP contribution in [0.2, 0.25) is 0 Å². The number of ether oxygens (including phenoxy) is 1. The highest BCUT2D eigenvalue weighted by atomic mass is 16.5. The van der Waals surface area contributed by atoms with Crippen molar-refractivity contribution >= 4 is 5.91 Å². The van der Waals surface area contributed by atoms with Crippen LogP contribution in [0, 0.1) is 0 Å². The number of hydrogen-bond donors (Lipinski definition) is 1. The molecule has 0 aliphatic heterocycles. The van der Waals surface area contributed by atoms with E-state index in [4.69, 9.17) is 4.74 Å². The normalized spacial score (nSPS) is 14.1. The molecule has 0 saturated carbocycles. The Balaban J connectivity index is 1.77. The molecule has 1 aliphatic rings. The molecule has 0 atom stereocenters. The molecule has 0 aromatic heterocycles. The molecule has 0 saturated heterocycles. The van der Waals surface area contributed by atoms with Crippen molar-refractivity contribution in [1.29, 1.82) is 0 Å². The minimum absolute atomic E-state index is 0.0251. The van der Waals surface area contributed by atoms with E-state index < -0.39 is 0 Å². The third-order valence-electron chi connectivity index (χ3n) is 3.72. The van der Waals surface area contributed by atoms with E-state index in [0.717, 1.165) is 17.7 Å². The van der Waals surface area contributed by atoms with E-state index in [-0.39, 0.29) is 5.91 Å². The number of benzene rings is 1. The number of amides is 1. The Morgan fingerprint density at radius 1 is 1.27 bits per heavy atom. The monoisotopic (exact) mass is 299 g/mol. The van der Waals surface area contributed by atoms with Crippen LogP contribution in [0.25, 0.3) is 0 Å². The topological polar surface area (TPSA) is 38.3 Å². The first-order valence-electron chi connectivity index (χ1n) is 7.98. The summed E-state index contributed by atoms with van der Waals surface area (Å²) < 4.78 is 5.52. The third-order valence-corrected chi connectivity index (χ3v) is 3.72. The standard InChI is InChI=1S/C19H25NO2/c1-15(2)14-22-18-10-8-17(9-11-18)19(21)20-13-12-16-6-4-3-5-7-16/h6,8-11H,1,3-5,7,12-14H2,2H3,(H,20,21). The molecule has 1 aliphatic carbocycles. The Hall–Kier alpha value is -2.03. The number of carbonyl (C=O) groups is 1. The van der Waals surface area contributed by atoms with Crippen LogP contribution in [0.4, 0.5) is 0 Å². The maximum Gasteiger partial charge on any atom is 0.251 e. The molecule has 0 fully saturated rings. The highest BCUT2D eigenvalue weighted by Crippen LogP contribution is 2.19. The molecule has 3 heteroatoms. The minimum atomic E-state index is -0.0251. The summed E-state index contributed by atoms with van der Waals surface area (Å²) in [4.78, 5) is 12.1. The highest BCUT2D eigenvalue weighted by Gasteiger charge is 2.07. The molecule has 2 rings (SSSR count). The SMILES string of the molecule is C=C(C)COc1ccc(C(=O)NCCC2=CCCCC2)cc1. The molecule has 1 aromatic rings. The Kier molecular flexibility index (Phi) is 6.26. The lowest BCUT2D eigenvalue weighted by atomic mass is 9.97. The average Bonchev–Trinajstić information content (AvgIpc) is 2.54. The van der Waals surface area contributed by atoms with Crippen LogP contribution in [0.3, 0.4) is 0 Å². The summed E-state index contributed by atoms with van der Waals surface area (Å²) in [7, 11) is 0. The van der Waals surface area contributed by atoms with Gasteiger partial charge >= 0.3 is 0 Å². The first-order valence-corrected chi connectivity index (χ1v) is 7.98. The molecular formula is C19H25NO2. The smallest absolute Gasteiger partial charge is 0.251 e. The number of hydrogen-bond acceptors (Lipinski definition) is 2. The van der Waals surface area contributed by atoms with Crippen molar-refractivity contribution in [3.8, 4) is 5.75 Å². The van der Waals surface area contributed by atoms with Crippen LogP contribution in [-0.4, -0.2) is 19.1 Å². The van der Waals surface area contributed by atoms with E-state index in [0.29, 0.717) is 18.7 Å². The molecule has 1 aromatic carbocycles. The van der Waals surface area contributed by atoms with Crippen LogP contribution in [-0.2, 0) is 0 Å². The van der Waals surface area contributed by atoms with Gasteiger partial charge in [-0.25, -0.2) is 0 Å². The number of rotatable bonds is 7. The van der Waals surface area contributed by atoms with E-state index in [2.05, 4.69) is 18.0 Å². The summed E-state index contributed by atoms with van der Waals surface area (Å²) in [6.45, 7) is 6.92. The Labute approximate surface area is 133 Å². The van der Waals surface area contributed by atoms with Crippen molar-refractivity contribution in [1.82, 2.24) is 5.32 Å². The van der Waals surface area contributed by atoms with Crippen molar-refractivity contribution in [3.63, 3.8) is 0 Å². The molecule has 1 N–H and O–H groups in total. The minimum Gasteiger partial charge on any atom is -0.489 e. The zero-order valence-corrected chi connectivity index (χ0v) is 13.4. The molecule has 1 amide bonds. The number of carbonyl (C=O) groups excluding carboxylic acids is 1. The van der Waals surface area contributed by atoms with Gasteiger partial charge in [-0.2, -0.15) is 0 Å². The molecule has 0 unspecified atom stereocenters. The lowest BCUT2D eigenvalue weighted by Gasteiger charge is -2.13. The molecule has 0 radical (unpaired) electrons. The summed E-state index contributed by atoms with van der Waals surface area (Å²) in [5.74, 6) is 0.731. The number of allylic oxidation sites excluding steroid dienone is 1. The van der Waals surface area contributed by atoms with Gasteiger partial charge < -0.3 is 10.1 Å². The van der Waals surface area contributed by atoms with Crippen LogP contribution >= 0.6 is 0 Å². The van der Waals surface area contributed by atoms with Crippen LogP contribution in [0.15, 0.2) is 48.1 Å². The first kappa shape index (κ1) is 16.3. The van der Waals surface area contributed by atoms with Gasteiger partial charge in [0.15, 0.2) is 0 Å². The lowest BCUT2D eigenvalue weighted by molar-refractivity contribution is 0.0954. The van der Waals surface area contributed by atoms with Crippen molar-refractivity contribution in [2.45, 2.75) is 39.0 Å². The van der Waals surface area contributed by atoms with E-state index in [1.54, 1.807) is 12.1 Å². The maximum atomic E-state index is 12.1. The third kappa shape index (κ3) is 5.40. The molecule has 22 heavy (non-hydrogen) atoms. The first-order chi connectivity index (χ1) is 10.6. The van der Waals surface area contributed by atoms with Gasteiger partial charge in [0.2, 0.25) is 0 Å². The second-order valence-electron chi connectivity index (χ2n) is 5.88. The number of nitrogens with one attached hydrogen (secondary N) is 1. The summed E-state index contributed by atoms with van der Waals surface area (Å²) in [5, 5.41) is 2.98. The molecule has 0 spiro atoms. The summed E-state index contributed by atoms with van der Waals surface area (Å²) in [6, 6.07) is 7.23. The second-order valence-corrected chi connectivity index (χ2v) is 5.88. The largest absolute Gasteiger partial charge is 0.489 e. The highest BCUT2D eigenvalue weighted by molar-refractivity contribution is 5.94. The summed E-state index contributed by atoms with van der Waals surface area (Å²) in [5.41, 5.74) is 3.12. The Bertz CT molecular complexity index is 543. The molecule has 0 heterocycles. The molecule has 3 nitrogen and oxygen atoms in total. The fourth-order valence-corrected chi connectivity index (χ4v) is 2.48. The van der Waals surface area contributed by atoms with Gasteiger partial charge in [0, 0.05) is 12.1 Å². The van der Waals surface area contributed by atoms with Crippen LogP contribution < -0.4 is 10.1 Å². The van der Waals surface area contributed by atoms with Crippen LogP contribution in [0.1, 0.15) is 49.4 Å². The quantitative estimate of drug-likeness (QED) is 0.764. The predicted octanol–water partition coefficient (Wildman–Crippen LogP) is 4.26. The maximum absolute atomic E-state index is 12.1. The fraction of sp³-hybridized carbons (Fsp3) is 0.421. The van der Waals surface area contributed by atoms with Gasteiger partial charge in [-0.05, 0) is 68.9 Å². The Morgan fingerprint density at radius 2 is 2.05 bits per heavy atom. The van der Waals surface area contributed by atoms with Gasteiger partial charge in [0.25, 0.3) is 5.91 Å². The van der Waals surface area contributed by atoms with E-state index in [1.807, 2.05) is 19.1 Å². The van der Waals surface area contributed by atoms with Gasteiger partial charge in [-0.1, -0.05) is 18.2 Å². The Morgan fingerprint density at radius 3 is 2.68 bits per heavy atom. The zero-order chi connectivity index (χ0) is 15.8. The lowest BCUT2D eigenvalue weighted by Crippen LogP contribution is -2.24. The predicted molar refractivity (Wildman–Crippen MR) is 90.3 cm³/mol. The van der Waals surface area contributed by atoms with Gasteiger partial charge in [0.1, 0.15) is 12.4 Å². The van der Waals surface area contributed by atoms with Crippen molar-refractivity contribution in [2.75, 3.05) is 13.2 Å². The van der Waals surface area contributed by atoms with Crippen LogP contribution in [0.5, 0.6) is 5.75 Å². The second kappa shape index (κ2) is 8.42. The van der Waals surface area contributed by atoms with Gasteiger partial charge in [-0.3, -0.25) is 4.79 Å². The molecule has 118 valence electrons. The van der Waals surface area contributed by atoms with Crippen molar-refractivity contribution in [3.05, 3.63) is 53.6 Å². The van der Waals surface area contributed by atoms with Crippen molar-refractivity contribution < 1.29 is 9.53 Å². The molecule has 0 bridgehead atoms. The van der Waals surface area contributed by atoms with E-state index in [1.165, 1.54) is 31.3 Å². The molecular weight excluding hydrogens is 274 g/mol. The summed E-state index contributed by atoms with van der Waals surface area (Å²) in [6.07, 6.45) is 8.25. The van der Waals surface area contributed by atoms with Crippen molar-refractivity contribution in [2.24, 2.45) is 0 Å².